The van der Waals surface area contributed by atoms with E-state index in [2.05, 4.69) is 20.8 Å². The van der Waals surface area contributed by atoms with Gasteiger partial charge in [0.05, 0.1) is 11.8 Å². The molecule has 1 aliphatic rings. The fraction of sp³-hybridized carbons (Fsp3) is 0.263. The number of rotatable bonds is 8. The second kappa shape index (κ2) is 8.22. The number of tetrazole rings is 1. The van der Waals surface area contributed by atoms with Crippen LogP contribution in [-0.4, -0.2) is 31.9 Å². The second-order valence-corrected chi connectivity index (χ2v) is 7.20. The number of carbonyl (C=O) groups is 1. The van der Waals surface area contributed by atoms with Crippen molar-refractivity contribution in [2.24, 2.45) is 0 Å². The zero-order chi connectivity index (χ0) is 18.5. The minimum absolute atomic E-state index is 0.0463. The molecule has 1 N–H and O–H groups in total. The number of thioether (sulfide) groups is 1. The van der Waals surface area contributed by atoms with Crippen LogP contribution in [0.25, 0.3) is 0 Å². The number of nitrogens with zero attached hydrogens (tertiary/aromatic N) is 4. The number of nitrogens with one attached hydrogen (secondary N) is 1. The Morgan fingerprint density at radius 2 is 1.85 bits per heavy atom. The van der Waals surface area contributed by atoms with Gasteiger partial charge in [-0.1, -0.05) is 42.1 Å². The third-order valence-corrected chi connectivity index (χ3v) is 5.01. The Labute approximate surface area is 161 Å². The Balaban J connectivity index is 1.23. The summed E-state index contributed by atoms with van der Waals surface area (Å²) in [5.74, 6) is 1.81. The van der Waals surface area contributed by atoms with Crippen LogP contribution in [0, 0.1) is 0 Å². The zero-order valence-corrected chi connectivity index (χ0v) is 15.4. The molecule has 1 aliphatic carbocycles. The van der Waals surface area contributed by atoms with Gasteiger partial charge in [-0.05, 0) is 53.1 Å². The zero-order valence-electron chi connectivity index (χ0n) is 14.6. The van der Waals surface area contributed by atoms with Crippen molar-refractivity contribution in [3.63, 3.8) is 0 Å². The number of amides is 1. The predicted octanol–water partition coefficient (Wildman–Crippen LogP) is 3.21. The molecule has 3 aromatic rings. The average Bonchev–Trinajstić information content (AvgIpc) is 3.44. The van der Waals surface area contributed by atoms with Crippen molar-refractivity contribution in [3.05, 3.63) is 60.2 Å². The van der Waals surface area contributed by atoms with E-state index in [1.807, 2.05) is 59.3 Å². The summed E-state index contributed by atoms with van der Waals surface area (Å²) in [6, 6.07) is 17.7. The van der Waals surface area contributed by atoms with Gasteiger partial charge in [-0.25, -0.2) is 4.68 Å². The van der Waals surface area contributed by atoms with Crippen molar-refractivity contribution in [2.75, 3.05) is 5.75 Å². The highest BCUT2D eigenvalue weighted by Crippen LogP contribution is 2.36. The number of benzene rings is 2. The van der Waals surface area contributed by atoms with Crippen LogP contribution in [0.3, 0.4) is 0 Å². The summed E-state index contributed by atoms with van der Waals surface area (Å²) in [6.45, 7) is 0.471. The smallest absolute Gasteiger partial charge is 0.230 e. The molecule has 27 heavy (non-hydrogen) atoms. The largest absolute Gasteiger partial charge is 0.457 e. The van der Waals surface area contributed by atoms with Crippen molar-refractivity contribution < 1.29 is 9.53 Å². The lowest BCUT2D eigenvalue weighted by atomic mass is 10.2. The van der Waals surface area contributed by atoms with Gasteiger partial charge in [0, 0.05) is 6.54 Å². The molecule has 0 aliphatic heterocycles. The van der Waals surface area contributed by atoms with Gasteiger partial charge in [-0.15, -0.1) is 5.10 Å². The monoisotopic (exact) mass is 381 g/mol. The number of para-hydroxylation sites is 1. The molecule has 138 valence electrons. The summed E-state index contributed by atoms with van der Waals surface area (Å²) in [5, 5.41) is 15.3. The maximum atomic E-state index is 12.1. The topological polar surface area (TPSA) is 81.9 Å². The van der Waals surface area contributed by atoms with E-state index in [9.17, 15) is 4.79 Å². The summed E-state index contributed by atoms with van der Waals surface area (Å²) in [5.41, 5.74) is 1.01. The molecule has 0 bridgehead atoms. The fourth-order valence-corrected chi connectivity index (χ4v) is 3.28. The van der Waals surface area contributed by atoms with Crippen molar-refractivity contribution in [2.45, 2.75) is 30.6 Å². The van der Waals surface area contributed by atoms with Crippen molar-refractivity contribution in [1.82, 2.24) is 25.5 Å². The minimum Gasteiger partial charge on any atom is -0.457 e. The molecular weight excluding hydrogens is 362 g/mol. The SMILES string of the molecule is O=C(CSc1nnnn1C1CC1)NCc1ccc(Oc2ccccc2)cc1. The molecule has 1 aromatic heterocycles. The molecule has 0 radical (unpaired) electrons. The Morgan fingerprint density at radius 3 is 2.59 bits per heavy atom. The van der Waals surface area contributed by atoms with Crippen LogP contribution in [0.4, 0.5) is 0 Å². The lowest BCUT2D eigenvalue weighted by molar-refractivity contribution is -0.118. The van der Waals surface area contributed by atoms with Gasteiger partial charge in [-0.3, -0.25) is 4.79 Å². The summed E-state index contributed by atoms with van der Waals surface area (Å²) in [6.07, 6.45) is 2.21. The van der Waals surface area contributed by atoms with E-state index < -0.39 is 0 Å². The van der Waals surface area contributed by atoms with Crippen LogP contribution in [0.2, 0.25) is 0 Å². The molecule has 0 spiro atoms. The number of hydrogen-bond acceptors (Lipinski definition) is 6. The van der Waals surface area contributed by atoms with E-state index >= 15 is 0 Å². The number of hydrogen-bond donors (Lipinski definition) is 1. The van der Waals surface area contributed by atoms with Crippen molar-refractivity contribution in [3.8, 4) is 11.5 Å². The van der Waals surface area contributed by atoms with E-state index in [0.29, 0.717) is 23.5 Å². The first-order valence-corrected chi connectivity index (χ1v) is 9.76. The van der Waals surface area contributed by atoms with E-state index in [0.717, 1.165) is 29.9 Å². The van der Waals surface area contributed by atoms with Gasteiger partial charge in [-0.2, -0.15) is 0 Å². The maximum absolute atomic E-state index is 12.1. The average molecular weight is 381 g/mol. The molecule has 1 heterocycles. The maximum Gasteiger partial charge on any atom is 0.230 e. The van der Waals surface area contributed by atoms with E-state index in [1.54, 1.807) is 0 Å². The van der Waals surface area contributed by atoms with Crippen LogP contribution in [-0.2, 0) is 11.3 Å². The molecule has 1 fully saturated rings. The standard InChI is InChI=1S/C19H19N5O2S/c25-18(13-27-19-21-22-23-24(19)15-8-9-15)20-12-14-6-10-17(11-7-14)26-16-4-2-1-3-5-16/h1-7,10-11,15H,8-9,12-13H2,(H,20,25). The number of carbonyl (C=O) groups excluding carboxylic acids is 1. The molecule has 0 atom stereocenters. The normalized spacial score (nSPS) is 13.3. The molecule has 2 aromatic carbocycles. The highest BCUT2D eigenvalue weighted by atomic mass is 32.2. The Morgan fingerprint density at radius 1 is 1.11 bits per heavy atom. The lowest BCUT2D eigenvalue weighted by Crippen LogP contribution is -2.24. The molecule has 4 rings (SSSR count). The Bertz CT molecular complexity index is 894. The highest BCUT2D eigenvalue weighted by Gasteiger charge is 2.28. The Hall–Kier alpha value is -2.87. The van der Waals surface area contributed by atoms with Gasteiger partial charge >= 0.3 is 0 Å². The molecule has 0 saturated heterocycles. The van der Waals surface area contributed by atoms with Crippen molar-refractivity contribution >= 4 is 17.7 Å². The fourth-order valence-electron chi connectivity index (χ4n) is 2.51. The second-order valence-electron chi connectivity index (χ2n) is 6.26. The van der Waals surface area contributed by atoms with Gasteiger partial charge < -0.3 is 10.1 Å². The Kier molecular flexibility index (Phi) is 5.34. The van der Waals surface area contributed by atoms with Gasteiger partial charge in [0.25, 0.3) is 0 Å². The summed E-state index contributed by atoms with van der Waals surface area (Å²) in [4.78, 5) is 12.1. The molecule has 1 saturated carbocycles. The lowest BCUT2D eigenvalue weighted by Gasteiger charge is -2.08. The summed E-state index contributed by atoms with van der Waals surface area (Å²) in [7, 11) is 0. The molecular formula is C19H19N5O2S. The molecule has 1 amide bonds. The van der Waals surface area contributed by atoms with E-state index in [-0.39, 0.29) is 5.91 Å². The number of ether oxygens (including phenoxy) is 1. The quantitative estimate of drug-likeness (QED) is 0.604. The van der Waals surface area contributed by atoms with Crippen LogP contribution >= 0.6 is 11.8 Å². The van der Waals surface area contributed by atoms with Crippen LogP contribution in [0.1, 0.15) is 24.4 Å². The van der Waals surface area contributed by atoms with Crippen LogP contribution < -0.4 is 10.1 Å². The summed E-state index contributed by atoms with van der Waals surface area (Å²) < 4.78 is 7.57. The van der Waals surface area contributed by atoms with Crippen LogP contribution in [0.15, 0.2) is 59.8 Å². The predicted molar refractivity (Wildman–Crippen MR) is 102 cm³/mol. The molecule has 7 nitrogen and oxygen atoms in total. The minimum atomic E-state index is -0.0463. The first-order valence-electron chi connectivity index (χ1n) is 8.77. The van der Waals surface area contributed by atoms with Crippen molar-refractivity contribution in [1.29, 1.82) is 0 Å². The van der Waals surface area contributed by atoms with Gasteiger partial charge in [0.1, 0.15) is 11.5 Å². The summed E-state index contributed by atoms with van der Waals surface area (Å²) >= 11 is 1.36. The number of aromatic nitrogens is 4. The van der Waals surface area contributed by atoms with Gasteiger partial charge in [0.15, 0.2) is 0 Å². The third kappa shape index (κ3) is 4.85. The van der Waals surface area contributed by atoms with Gasteiger partial charge in [0.2, 0.25) is 11.1 Å². The van der Waals surface area contributed by atoms with Crippen LogP contribution in [0.5, 0.6) is 11.5 Å². The van der Waals surface area contributed by atoms with E-state index in [1.165, 1.54) is 11.8 Å². The first kappa shape index (κ1) is 17.5. The molecule has 8 heteroatoms. The first-order chi connectivity index (χ1) is 13.3. The van der Waals surface area contributed by atoms with E-state index in [4.69, 9.17) is 4.74 Å². The highest BCUT2D eigenvalue weighted by molar-refractivity contribution is 7.99. The molecule has 0 unspecified atom stereocenters. The third-order valence-electron chi connectivity index (χ3n) is 4.08.